The number of aryl methyl sites for hydroxylation is 1. The summed E-state index contributed by atoms with van der Waals surface area (Å²) in [6.45, 7) is 3.47. The van der Waals surface area contributed by atoms with E-state index >= 15 is 0 Å². The van der Waals surface area contributed by atoms with Crippen LogP contribution in [0.2, 0.25) is 0 Å². The summed E-state index contributed by atoms with van der Waals surface area (Å²) in [6, 6.07) is 17.0. The molecule has 2 amide bonds. The maximum absolute atomic E-state index is 13.2. The molecule has 0 unspecified atom stereocenters. The molecule has 0 atom stereocenters. The van der Waals surface area contributed by atoms with Gasteiger partial charge in [-0.25, -0.2) is 0 Å². The molecule has 1 saturated heterocycles. The fourth-order valence-electron chi connectivity index (χ4n) is 3.71. The minimum absolute atomic E-state index is 0.223. The van der Waals surface area contributed by atoms with E-state index in [2.05, 4.69) is 5.32 Å². The van der Waals surface area contributed by atoms with Gasteiger partial charge in [-0.15, -0.1) is 0 Å². The minimum atomic E-state index is -4.61. The monoisotopic (exact) mass is 572 g/mol. The molecular formula is C28H23F3N2O4S2. The zero-order valence-corrected chi connectivity index (χ0v) is 22.5. The molecule has 1 aliphatic rings. The fourth-order valence-corrected chi connectivity index (χ4v) is 5.01. The van der Waals surface area contributed by atoms with Crippen molar-refractivity contribution in [1.82, 2.24) is 0 Å². The maximum Gasteiger partial charge on any atom is 0.418 e. The normalized spacial score (nSPS) is 14.6. The first-order valence-electron chi connectivity index (χ1n) is 11.8. The molecule has 0 radical (unpaired) electrons. The lowest BCUT2D eigenvalue weighted by molar-refractivity contribution is -0.137. The van der Waals surface area contributed by atoms with E-state index in [1.165, 1.54) is 34.9 Å². The van der Waals surface area contributed by atoms with Crippen molar-refractivity contribution in [3.8, 4) is 11.5 Å². The van der Waals surface area contributed by atoms with Crippen LogP contribution in [0.5, 0.6) is 11.5 Å². The lowest BCUT2D eigenvalue weighted by atomic mass is 10.1. The first kappa shape index (κ1) is 28.2. The summed E-state index contributed by atoms with van der Waals surface area (Å²) < 4.78 is 51.2. The minimum Gasteiger partial charge on any atom is -0.490 e. The van der Waals surface area contributed by atoms with E-state index in [0.717, 1.165) is 11.6 Å². The quantitative estimate of drug-likeness (QED) is 0.236. The third kappa shape index (κ3) is 6.79. The number of hydrogen-bond donors (Lipinski definition) is 1. The Kier molecular flexibility index (Phi) is 8.61. The van der Waals surface area contributed by atoms with Crippen LogP contribution in [0.25, 0.3) is 6.08 Å². The number of hydrogen-bond acceptors (Lipinski definition) is 6. The van der Waals surface area contributed by atoms with E-state index in [-0.39, 0.29) is 17.3 Å². The zero-order chi connectivity index (χ0) is 28.2. The molecular weight excluding hydrogens is 549 g/mol. The van der Waals surface area contributed by atoms with Gasteiger partial charge in [-0.05, 0) is 61.9 Å². The average Bonchev–Trinajstić information content (AvgIpc) is 3.16. The Bertz CT molecular complexity index is 1440. The summed E-state index contributed by atoms with van der Waals surface area (Å²) in [5.74, 6) is -0.481. The number of anilines is 2. The highest BCUT2D eigenvalue weighted by Gasteiger charge is 2.34. The van der Waals surface area contributed by atoms with Crippen molar-refractivity contribution in [2.24, 2.45) is 0 Å². The summed E-state index contributed by atoms with van der Waals surface area (Å²) in [7, 11) is 0. The van der Waals surface area contributed by atoms with Crippen LogP contribution in [0.15, 0.2) is 71.6 Å². The van der Waals surface area contributed by atoms with Gasteiger partial charge >= 0.3 is 6.18 Å². The number of nitrogens with zero attached hydrogens (tertiary/aromatic N) is 1. The summed E-state index contributed by atoms with van der Waals surface area (Å²) in [5.41, 5.74) is 1.07. The van der Waals surface area contributed by atoms with Crippen molar-refractivity contribution in [2.45, 2.75) is 20.0 Å². The lowest BCUT2D eigenvalue weighted by Gasteiger charge is -2.15. The molecule has 39 heavy (non-hydrogen) atoms. The number of benzene rings is 3. The smallest absolute Gasteiger partial charge is 0.418 e. The van der Waals surface area contributed by atoms with Crippen molar-refractivity contribution < 1.29 is 32.2 Å². The molecule has 6 nitrogen and oxygen atoms in total. The Morgan fingerprint density at radius 1 is 1.05 bits per heavy atom. The number of nitrogens with one attached hydrogen (secondary N) is 1. The van der Waals surface area contributed by atoms with Crippen LogP contribution in [0.3, 0.4) is 0 Å². The summed E-state index contributed by atoms with van der Waals surface area (Å²) in [5, 5.41) is 2.24. The van der Waals surface area contributed by atoms with Gasteiger partial charge in [0.2, 0.25) is 0 Å². The Hall–Kier alpha value is -3.83. The van der Waals surface area contributed by atoms with Gasteiger partial charge in [-0.2, -0.15) is 13.2 Å². The number of ether oxygens (including phenoxy) is 2. The number of thioether (sulfide) groups is 1. The predicted molar refractivity (Wildman–Crippen MR) is 150 cm³/mol. The van der Waals surface area contributed by atoms with Crippen LogP contribution in [-0.4, -0.2) is 29.3 Å². The zero-order valence-electron chi connectivity index (χ0n) is 20.9. The summed E-state index contributed by atoms with van der Waals surface area (Å²) in [6.07, 6.45) is -2.93. The topological polar surface area (TPSA) is 67.9 Å². The van der Waals surface area contributed by atoms with E-state index in [0.29, 0.717) is 32.8 Å². The maximum atomic E-state index is 13.2. The Morgan fingerprint density at radius 3 is 2.46 bits per heavy atom. The molecule has 0 spiro atoms. The van der Waals surface area contributed by atoms with E-state index in [4.69, 9.17) is 21.7 Å². The Labute approximate surface area is 232 Å². The van der Waals surface area contributed by atoms with Crippen molar-refractivity contribution in [1.29, 1.82) is 0 Å². The third-order valence-corrected chi connectivity index (χ3v) is 6.82. The number of halogens is 3. The van der Waals surface area contributed by atoms with Gasteiger partial charge in [0, 0.05) is 0 Å². The predicted octanol–water partition coefficient (Wildman–Crippen LogP) is 6.84. The van der Waals surface area contributed by atoms with Gasteiger partial charge < -0.3 is 14.8 Å². The van der Waals surface area contributed by atoms with Crippen LogP contribution in [0, 0.1) is 6.92 Å². The second-order valence-electron chi connectivity index (χ2n) is 8.37. The van der Waals surface area contributed by atoms with Gasteiger partial charge in [0.25, 0.3) is 11.8 Å². The standard InChI is InChI=1S/C28H23F3N2O4S2/c1-3-36-23-14-18(15-24-26(35)33(27(38)39-24)19-11-8-17(2)9-12-19)10-13-22(23)37-16-25(34)32-21-7-5-4-6-20(21)28(29,30)31/h4-15H,3,16H2,1-2H3,(H,32,34)/b24-15-. The fraction of sp³-hybridized carbons (Fsp3) is 0.179. The van der Waals surface area contributed by atoms with Crippen molar-refractivity contribution in [3.05, 3.63) is 88.3 Å². The first-order valence-corrected chi connectivity index (χ1v) is 13.0. The number of amides is 2. The number of carbonyl (C=O) groups excluding carboxylic acids is 2. The molecule has 0 aliphatic carbocycles. The second kappa shape index (κ2) is 11.9. The van der Waals surface area contributed by atoms with Crippen molar-refractivity contribution >= 4 is 57.6 Å². The molecule has 1 aliphatic heterocycles. The number of rotatable bonds is 8. The van der Waals surface area contributed by atoms with Gasteiger partial charge in [0.1, 0.15) is 0 Å². The van der Waals surface area contributed by atoms with Gasteiger partial charge in [0.15, 0.2) is 22.4 Å². The summed E-state index contributed by atoms with van der Waals surface area (Å²) in [4.78, 5) is 27.3. The molecule has 0 saturated carbocycles. The van der Waals surface area contributed by atoms with Crippen LogP contribution >= 0.6 is 24.0 Å². The highest BCUT2D eigenvalue weighted by Crippen LogP contribution is 2.38. The van der Waals surface area contributed by atoms with Crippen molar-refractivity contribution in [2.75, 3.05) is 23.4 Å². The van der Waals surface area contributed by atoms with Crippen LogP contribution in [0.1, 0.15) is 23.6 Å². The van der Waals surface area contributed by atoms with Gasteiger partial charge in [0.05, 0.1) is 28.5 Å². The highest BCUT2D eigenvalue weighted by atomic mass is 32.2. The van der Waals surface area contributed by atoms with E-state index < -0.39 is 24.3 Å². The van der Waals surface area contributed by atoms with E-state index in [1.807, 2.05) is 31.2 Å². The van der Waals surface area contributed by atoms with Crippen molar-refractivity contribution in [3.63, 3.8) is 0 Å². The third-order valence-electron chi connectivity index (χ3n) is 5.52. The molecule has 11 heteroatoms. The second-order valence-corrected chi connectivity index (χ2v) is 10.0. The Morgan fingerprint density at radius 2 is 1.77 bits per heavy atom. The Balaban J connectivity index is 1.48. The SMILES string of the molecule is CCOc1cc(/C=C2\SC(=S)N(c3ccc(C)cc3)C2=O)ccc1OCC(=O)Nc1ccccc1C(F)(F)F. The van der Waals surface area contributed by atoms with Crippen LogP contribution in [-0.2, 0) is 15.8 Å². The lowest BCUT2D eigenvalue weighted by Crippen LogP contribution is -2.27. The molecule has 1 N–H and O–H groups in total. The molecule has 202 valence electrons. The van der Waals surface area contributed by atoms with E-state index in [9.17, 15) is 22.8 Å². The number of alkyl halides is 3. The number of thiocarbonyl (C=S) groups is 1. The summed E-state index contributed by atoms with van der Waals surface area (Å²) >= 11 is 6.61. The number of carbonyl (C=O) groups is 2. The molecule has 4 rings (SSSR count). The first-order chi connectivity index (χ1) is 18.6. The van der Waals surface area contributed by atoms with Crippen LogP contribution in [0.4, 0.5) is 24.5 Å². The van der Waals surface area contributed by atoms with Gasteiger partial charge in [-0.1, -0.05) is 59.9 Å². The molecule has 3 aromatic carbocycles. The highest BCUT2D eigenvalue weighted by molar-refractivity contribution is 8.27. The molecule has 0 aromatic heterocycles. The van der Waals surface area contributed by atoms with Crippen LogP contribution < -0.4 is 19.7 Å². The van der Waals surface area contributed by atoms with Gasteiger partial charge in [-0.3, -0.25) is 14.5 Å². The number of para-hydroxylation sites is 1. The largest absolute Gasteiger partial charge is 0.490 e. The average molecular weight is 573 g/mol. The molecule has 0 bridgehead atoms. The molecule has 1 heterocycles. The molecule has 1 fully saturated rings. The van der Waals surface area contributed by atoms with E-state index in [1.54, 1.807) is 31.2 Å². The molecule has 3 aromatic rings.